The van der Waals surface area contributed by atoms with Crippen LogP contribution in [0.3, 0.4) is 0 Å². The maximum Gasteiger partial charge on any atom is 0.337 e. The summed E-state index contributed by atoms with van der Waals surface area (Å²) in [5.41, 5.74) is 7.07. The normalized spacial score (nSPS) is 13.2. The molecule has 0 amide bonds. The molecule has 4 aromatic rings. The summed E-state index contributed by atoms with van der Waals surface area (Å²) in [6, 6.07) is 19.5. The van der Waals surface area contributed by atoms with Gasteiger partial charge in [-0.2, -0.15) is 5.26 Å². The molecule has 5 rings (SSSR count). The largest absolute Gasteiger partial charge is 0.467 e. The van der Waals surface area contributed by atoms with Gasteiger partial charge < -0.3 is 23.5 Å². The number of rotatable bonds is 7. The van der Waals surface area contributed by atoms with Gasteiger partial charge in [0.15, 0.2) is 6.79 Å². The average Bonchev–Trinajstić information content (AvgIpc) is 3.38. The lowest BCUT2D eigenvalue weighted by Crippen LogP contribution is -2.16. The lowest BCUT2D eigenvalue weighted by molar-refractivity contribution is -0.0194. The first kappa shape index (κ1) is 25.2. The number of fused-ring (bicyclic) bond motifs is 1. The number of methoxy groups -OCH3 is 1. The van der Waals surface area contributed by atoms with Crippen LogP contribution in [0.15, 0.2) is 67.1 Å². The van der Waals surface area contributed by atoms with Crippen LogP contribution in [0, 0.1) is 18.3 Å². The first-order chi connectivity index (χ1) is 18.5. The molecule has 0 saturated carbocycles. The maximum atomic E-state index is 12.3. The van der Waals surface area contributed by atoms with Crippen LogP contribution in [-0.4, -0.2) is 29.4 Å². The molecular formula is C30H27N3O5. The highest BCUT2D eigenvalue weighted by Crippen LogP contribution is 2.36. The Labute approximate surface area is 221 Å². The monoisotopic (exact) mass is 509 g/mol. The van der Waals surface area contributed by atoms with Crippen molar-refractivity contribution in [2.24, 2.45) is 7.05 Å². The Bertz CT molecular complexity index is 1540. The van der Waals surface area contributed by atoms with Crippen LogP contribution in [-0.2, 0) is 34.5 Å². The van der Waals surface area contributed by atoms with Gasteiger partial charge in [0, 0.05) is 23.7 Å². The summed E-state index contributed by atoms with van der Waals surface area (Å²) >= 11 is 0. The molecule has 2 heterocycles. The van der Waals surface area contributed by atoms with E-state index in [1.54, 1.807) is 24.7 Å². The number of nitrogens with zero attached hydrogens (tertiary/aromatic N) is 3. The van der Waals surface area contributed by atoms with Crippen LogP contribution < -0.4 is 4.74 Å². The Morgan fingerprint density at radius 3 is 2.76 bits per heavy atom. The highest BCUT2D eigenvalue weighted by Gasteiger charge is 2.24. The van der Waals surface area contributed by atoms with Gasteiger partial charge in [-0.25, -0.2) is 9.78 Å². The van der Waals surface area contributed by atoms with Crippen molar-refractivity contribution < 1.29 is 23.7 Å². The molecule has 0 radical (unpaired) electrons. The number of esters is 1. The van der Waals surface area contributed by atoms with Crippen molar-refractivity contribution in [3.8, 4) is 22.9 Å². The number of benzene rings is 3. The zero-order valence-electron chi connectivity index (χ0n) is 21.4. The van der Waals surface area contributed by atoms with Gasteiger partial charge in [0.05, 0.1) is 55.7 Å². The Kier molecular flexibility index (Phi) is 7.22. The number of ether oxygens (including phenoxy) is 4. The number of hydrogen-bond acceptors (Lipinski definition) is 7. The molecule has 0 aliphatic carbocycles. The maximum absolute atomic E-state index is 12.3. The minimum Gasteiger partial charge on any atom is -0.467 e. The second-order valence-electron chi connectivity index (χ2n) is 9.08. The Morgan fingerprint density at radius 1 is 1.18 bits per heavy atom. The van der Waals surface area contributed by atoms with Crippen LogP contribution in [0.5, 0.6) is 5.75 Å². The third kappa shape index (κ3) is 4.90. The number of hydrogen-bond donors (Lipinski definition) is 0. The fourth-order valence-electron chi connectivity index (χ4n) is 4.71. The molecule has 1 unspecified atom stereocenters. The average molecular weight is 510 g/mol. The second kappa shape index (κ2) is 10.9. The first-order valence-electron chi connectivity index (χ1n) is 12.1. The highest BCUT2D eigenvalue weighted by molar-refractivity contribution is 5.90. The van der Waals surface area contributed by atoms with Crippen LogP contribution in [0.4, 0.5) is 0 Å². The van der Waals surface area contributed by atoms with E-state index in [4.69, 9.17) is 18.9 Å². The fraction of sp³-hybridized carbons (Fsp3) is 0.233. The molecule has 0 bridgehead atoms. The van der Waals surface area contributed by atoms with Gasteiger partial charge in [0.2, 0.25) is 0 Å². The zero-order chi connectivity index (χ0) is 26.6. The van der Waals surface area contributed by atoms with E-state index in [0.717, 1.165) is 33.5 Å². The molecule has 1 aromatic heterocycles. The Morgan fingerprint density at radius 2 is 2.03 bits per heavy atom. The van der Waals surface area contributed by atoms with E-state index in [9.17, 15) is 10.1 Å². The van der Waals surface area contributed by atoms with E-state index >= 15 is 0 Å². The van der Waals surface area contributed by atoms with Crippen molar-refractivity contribution in [1.29, 1.82) is 5.26 Å². The fourth-order valence-corrected chi connectivity index (χ4v) is 4.71. The van der Waals surface area contributed by atoms with Gasteiger partial charge in [-0.15, -0.1) is 0 Å². The van der Waals surface area contributed by atoms with Gasteiger partial charge in [0.1, 0.15) is 11.9 Å². The van der Waals surface area contributed by atoms with Crippen LogP contribution in [0.2, 0.25) is 0 Å². The first-order valence-corrected chi connectivity index (χ1v) is 12.1. The summed E-state index contributed by atoms with van der Waals surface area (Å²) < 4.78 is 24.6. The smallest absolute Gasteiger partial charge is 0.337 e. The minimum absolute atomic E-state index is 0.123. The molecule has 0 fully saturated rings. The van der Waals surface area contributed by atoms with Crippen molar-refractivity contribution in [1.82, 2.24) is 9.55 Å². The van der Waals surface area contributed by atoms with Crippen LogP contribution >= 0.6 is 0 Å². The molecular weight excluding hydrogens is 482 g/mol. The standard InChI is InChI=1S/C30H27N3O5/c1-19-6-4-5-7-25(19)26-12-20(8-9-21(26)13-31)29(27-14-32-17-33(27)2)37-16-24-11-22(30(34)35-3)10-23-15-36-18-38-28(23)24/h4-12,14,17,29H,15-16,18H2,1-3H3. The third-order valence-corrected chi connectivity index (χ3v) is 6.64. The SMILES string of the molecule is COC(=O)c1cc2c(c(COC(c3ccc(C#N)c(-c4ccccc4C)c3)c3cncn3C)c1)OCOC2. The topological polar surface area (TPSA) is 95.6 Å². The minimum atomic E-state index is -0.504. The lowest BCUT2D eigenvalue weighted by atomic mass is 9.93. The number of nitriles is 1. The zero-order valence-corrected chi connectivity index (χ0v) is 21.4. The van der Waals surface area contributed by atoms with E-state index in [1.165, 1.54) is 7.11 Å². The third-order valence-electron chi connectivity index (χ3n) is 6.64. The summed E-state index contributed by atoms with van der Waals surface area (Å²) in [7, 11) is 3.26. The predicted molar refractivity (Wildman–Crippen MR) is 139 cm³/mol. The summed E-state index contributed by atoms with van der Waals surface area (Å²) in [4.78, 5) is 16.6. The van der Waals surface area contributed by atoms with Gasteiger partial charge in [0.25, 0.3) is 0 Å². The van der Waals surface area contributed by atoms with Crippen molar-refractivity contribution >= 4 is 5.97 Å². The number of aryl methyl sites for hydroxylation is 2. The van der Waals surface area contributed by atoms with E-state index in [0.29, 0.717) is 29.0 Å². The van der Waals surface area contributed by atoms with Gasteiger partial charge in [-0.3, -0.25) is 0 Å². The van der Waals surface area contributed by atoms with E-state index in [2.05, 4.69) is 11.1 Å². The Hall–Kier alpha value is -4.45. The van der Waals surface area contributed by atoms with Crippen molar-refractivity contribution in [2.75, 3.05) is 13.9 Å². The van der Waals surface area contributed by atoms with E-state index in [-0.39, 0.29) is 13.4 Å². The summed E-state index contributed by atoms with van der Waals surface area (Å²) in [5, 5.41) is 9.83. The van der Waals surface area contributed by atoms with Crippen molar-refractivity contribution in [2.45, 2.75) is 26.2 Å². The van der Waals surface area contributed by atoms with Gasteiger partial charge in [-0.1, -0.05) is 30.3 Å². The lowest BCUT2D eigenvalue weighted by Gasteiger charge is -2.24. The number of imidazole rings is 1. The molecule has 38 heavy (non-hydrogen) atoms. The molecule has 1 aliphatic rings. The summed E-state index contributed by atoms with van der Waals surface area (Å²) in [6.45, 7) is 2.63. The number of carbonyl (C=O) groups excluding carboxylic acids is 1. The molecule has 192 valence electrons. The highest BCUT2D eigenvalue weighted by atomic mass is 16.7. The predicted octanol–water partition coefficient (Wildman–Crippen LogP) is 5.23. The molecule has 0 N–H and O–H groups in total. The molecule has 1 atom stereocenters. The van der Waals surface area contributed by atoms with Gasteiger partial charge in [-0.05, 0) is 47.9 Å². The molecule has 3 aromatic carbocycles. The Balaban J connectivity index is 1.56. The summed E-state index contributed by atoms with van der Waals surface area (Å²) in [6.07, 6.45) is 2.98. The van der Waals surface area contributed by atoms with Crippen molar-refractivity contribution in [3.63, 3.8) is 0 Å². The van der Waals surface area contributed by atoms with Crippen molar-refractivity contribution in [3.05, 3.63) is 106 Å². The summed E-state index contributed by atoms with van der Waals surface area (Å²) in [5.74, 6) is 0.200. The van der Waals surface area contributed by atoms with E-state index < -0.39 is 12.1 Å². The molecule has 1 aliphatic heterocycles. The van der Waals surface area contributed by atoms with Crippen LogP contribution in [0.25, 0.3) is 11.1 Å². The molecule has 8 nitrogen and oxygen atoms in total. The van der Waals surface area contributed by atoms with E-state index in [1.807, 2.05) is 61.0 Å². The number of carbonyl (C=O) groups is 1. The van der Waals surface area contributed by atoms with Crippen LogP contribution in [0.1, 0.15) is 50.0 Å². The molecule has 0 spiro atoms. The van der Waals surface area contributed by atoms with Gasteiger partial charge >= 0.3 is 5.97 Å². The molecule has 0 saturated heterocycles. The number of aromatic nitrogens is 2. The molecule has 8 heteroatoms. The quantitative estimate of drug-likeness (QED) is 0.315. The second-order valence-corrected chi connectivity index (χ2v) is 9.08.